The Morgan fingerprint density at radius 1 is 0.484 bits per heavy atom. The molecule has 0 aromatic carbocycles. The molecule has 0 radical (unpaired) electrons. The molecular weight excluding hydrogens is 769 g/mol. The summed E-state index contributed by atoms with van der Waals surface area (Å²) in [6, 6.07) is 0. The van der Waals surface area contributed by atoms with Crippen LogP contribution in [0.4, 0.5) is 0 Å². The molecule has 0 aliphatic heterocycles. The summed E-state index contributed by atoms with van der Waals surface area (Å²) in [6.07, 6.45) is 43.1. The van der Waals surface area contributed by atoms with Gasteiger partial charge in [0.1, 0.15) is 0 Å². The summed E-state index contributed by atoms with van der Waals surface area (Å²) in [5.74, 6) is 20.9. The van der Waals surface area contributed by atoms with E-state index in [0.717, 1.165) is 118 Å². The van der Waals surface area contributed by atoms with Crippen LogP contribution < -0.4 is 0 Å². The molecule has 7 rings (SSSR count). The maximum absolute atomic E-state index is 2.77. The number of unbranched alkanes of at least 4 members (excludes halogenated alkanes) is 1. The van der Waals surface area contributed by atoms with Crippen molar-refractivity contribution in [3.8, 4) is 0 Å². The second-order valence-electron chi connectivity index (χ2n) is 23.4. The predicted octanol–water partition coefficient (Wildman–Crippen LogP) is 21.6. The van der Waals surface area contributed by atoms with Gasteiger partial charge in [-0.1, -0.05) is 214 Å². The van der Waals surface area contributed by atoms with Gasteiger partial charge in [0.15, 0.2) is 0 Å². The Balaban J connectivity index is 0.00000129. The average molecular weight is 894 g/mol. The van der Waals surface area contributed by atoms with Gasteiger partial charge in [0.25, 0.3) is 0 Å². The molecule has 0 nitrogen and oxygen atoms in total. The largest absolute Gasteiger partial charge is 0.0683 e. The summed E-state index contributed by atoms with van der Waals surface area (Å²) in [6.45, 7) is 36.6. The Morgan fingerprint density at radius 3 is 1.56 bits per heavy atom. The van der Waals surface area contributed by atoms with Gasteiger partial charge in [0.05, 0.1) is 0 Å². The van der Waals surface area contributed by atoms with Crippen molar-refractivity contribution in [2.45, 2.75) is 291 Å². The molecule has 17 atom stereocenters. The molecule has 0 saturated heterocycles. The van der Waals surface area contributed by atoms with E-state index in [1.54, 1.807) is 109 Å². The maximum atomic E-state index is 2.77. The fourth-order valence-corrected chi connectivity index (χ4v) is 18.6. The van der Waals surface area contributed by atoms with E-state index in [1.165, 1.54) is 70.6 Å². The lowest BCUT2D eigenvalue weighted by atomic mass is 9.45. The van der Waals surface area contributed by atoms with Crippen molar-refractivity contribution in [3.05, 3.63) is 0 Å². The van der Waals surface area contributed by atoms with Crippen LogP contribution in [0.3, 0.4) is 0 Å². The Labute approximate surface area is 407 Å². The van der Waals surface area contributed by atoms with Gasteiger partial charge in [-0.15, -0.1) is 0 Å². The van der Waals surface area contributed by atoms with Gasteiger partial charge in [0, 0.05) is 0 Å². The van der Waals surface area contributed by atoms with Crippen molar-refractivity contribution in [2.24, 2.45) is 118 Å². The van der Waals surface area contributed by atoms with Crippen molar-refractivity contribution >= 4 is 0 Å². The molecule has 7 aliphatic rings. The minimum atomic E-state index is 0.941. The van der Waals surface area contributed by atoms with Gasteiger partial charge < -0.3 is 0 Å². The summed E-state index contributed by atoms with van der Waals surface area (Å²) >= 11 is 0. The van der Waals surface area contributed by atoms with Crippen LogP contribution in [0, 0.1) is 118 Å². The van der Waals surface area contributed by atoms with Crippen LogP contribution >= 0.6 is 0 Å². The summed E-state index contributed by atoms with van der Waals surface area (Å²) < 4.78 is 0. The lowest BCUT2D eigenvalue weighted by Crippen LogP contribution is -2.53. The number of rotatable bonds is 20. The van der Waals surface area contributed by atoms with Gasteiger partial charge in [0.2, 0.25) is 0 Å². The molecule has 7 aliphatic carbocycles. The number of hydrogen-bond donors (Lipinski definition) is 0. The van der Waals surface area contributed by atoms with Gasteiger partial charge in [-0.3, -0.25) is 0 Å². The fraction of sp³-hybridized carbons (Fsp3) is 1.00. The second-order valence-corrected chi connectivity index (χ2v) is 23.4. The van der Waals surface area contributed by atoms with E-state index in [4.69, 9.17) is 0 Å². The molecule has 17 unspecified atom stereocenters. The first-order chi connectivity index (χ1) is 31.4. The number of fused-ring (bicyclic) bond motifs is 3. The second kappa shape index (κ2) is 31.3. The first-order valence-electron chi connectivity index (χ1n) is 31.4. The highest BCUT2D eigenvalue weighted by Gasteiger charge is 2.60. The van der Waals surface area contributed by atoms with Crippen LogP contribution in [0.1, 0.15) is 291 Å². The first kappa shape index (κ1) is 58.3. The molecule has 0 aromatic heterocycles. The van der Waals surface area contributed by atoms with Crippen LogP contribution in [0.5, 0.6) is 0 Å². The third-order valence-corrected chi connectivity index (χ3v) is 21.1. The number of hydrogen-bond acceptors (Lipinski definition) is 0. The zero-order valence-corrected chi connectivity index (χ0v) is 47.3. The summed E-state index contributed by atoms with van der Waals surface area (Å²) in [7, 11) is 0. The average Bonchev–Trinajstić information content (AvgIpc) is 3.75. The quantitative estimate of drug-likeness (QED) is 0.114. The molecule has 7 saturated carbocycles. The third kappa shape index (κ3) is 14.1. The molecule has 0 spiro atoms. The van der Waals surface area contributed by atoms with E-state index in [2.05, 4.69) is 55.4 Å². The summed E-state index contributed by atoms with van der Waals surface area (Å²) in [5.41, 5.74) is 0. The zero-order valence-electron chi connectivity index (χ0n) is 47.3. The van der Waals surface area contributed by atoms with Crippen LogP contribution in [0.15, 0.2) is 0 Å². The standard InChI is InChI=1S/C56H100.4C2H6/c1-9-15-24-46(41(31-30-39(12-4)13-5)34-37(7)44-29-20-23-40(44)14-6)56-50-27-18-16-25-48(50)55(49-26-17-19-28-51(49)56)43-33-32-42(35-43)54-45(21-10-2)38(8)52-36-53(52)47(54)22-11-3;4*1-2/h37-56H,9-36H2,1-8H3;4*1-2H3. The molecule has 0 aromatic rings. The van der Waals surface area contributed by atoms with Crippen molar-refractivity contribution in [3.63, 3.8) is 0 Å². The SMILES string of the molecule is CC.CC.CC.CC.CCCCC(C(CCC(CC)CC)CC(C)C1CCCC1CC)C1C2CCCCC2C(C2CCC(C3C(CCC)C(C)C4CC4C3CCC)C2)C2CCCCC21. The highest BCUT2D eigenvalue weighted by Crippen LogP contribution is 2.67. The Hall–Kier alpha value is 0. The maximum Gasteiger partial charge on any atom is -0.0321 e. The van der Waals surface area contributed by atoms with E-state index in [0.29, 0.717) is 0 Å². The van der Waals surface area contributed by atoms with Crippen molar-refractivity contribution in [1.82, 2.24) is 0 Å². The molecule has 7 fully saturated rings. The van der Waals surface area contributed by atoms with Gasteiger partial charge >= 0.3 is 0 Å². The minimum Gasteiger partial charge on any atom is -0.0683 e. The van der Waals surface area contributed by atoms with Gasteiger partial charge in [-0.05, 0) is 195 Å². The van der Waals surface area contributed by atoms with Crippen LogP contribution in [-0.2, 0) is 0 Å². The van der Waals surface area contributed by atoms with Gasteiger partial charge in [-0.2, -0.15) is 0 Å². The van der Waals surface area contributed by atoms with Crippen molar-refractivity contribution < 1.29 is 0 Å². The van der Waals surface area contributed by atoms with E-state index in [-0.39, 0.29) is 0 Å². The predicted molar refractivity (Wildman–Crippen MR) is 290 cm³/mol. The topological polar surface area (TPSA) is 0 Å². The van der Waals surface area contributed by atoms with E-state index in [9.17, 15) is 0 Å². The Kier molecular flexibility index (Phi) is 28.5. The van der Waals surface area contributed by atoms with Crippen molar-refractivity contribution in [1.29, 1.82) is 0 Å². The van der Waals surface area contributed by atoms with E-state index >= 15 is 0 Å². The normalized spacial score (nSPS) is 38.8. The third-order valence-electron chi connectivity index (χ3n) is 21.1. The molecular formula is C64H124. The lowest BCUT2D eigenvalue weighted by molar-refractivity contribution is -0.115. The molecule has 0 amide bonds. The first-order valence-corrected chi connectivity index (χ1v) is 31.4. The van der Waals surface area contributed by atoms with E-state index < -0.39 is 0 Å². The molecule has 0 bridgehead atoms. The minimum absolute atomic E-state index is 0.941. The summed E-state index contributed by atoms with van der Waals surface area (Å²) in [4.78, 5) is 0. The fourth-order valence-electron chi connectivity index (χ4n) is 18.6. The zero-order chi connectivity index (χ0) is 47.3. The highest BCUT2D eigenvalue weighted by atomic mass is 14.6. The molecule has 0 N–H and O–H groups in total. The van der Waals surface area contributed by atoms with Gasteiger partial charge in [-0.25, -0.2) is 0 Å². The summed E-state index contributed by atoms with van der Waals surface area (Å²) in [5, 5.41) is 0. The lowest BCUT2D eigenvalue weighted by Gasteiger charge is -2.60. The highest BCUT2D eigenvalue weighted by molar-refractivity contribution is 5.09. The molecule has 380 valence electrons. The van der Waals surface area contributed by atoms with Crippen LogP contribution in [0.2, 0.25) is 0 Å². The van der Waals surface area contributed by atoms with Crippen LogP contribution in [-0.4, -0.2) is 0 Å². The molecule has 0 heteroatoms. The van der Waals surface area contributed by atoms with Crippen LogP contribution in [0.25, 0.3) is 0 Å². The Morgan fingerprint density at radius 2 is 1.03 bits per heavy atom. The smallest absolute Gasteiger partial charge is 0.0321 e. The Bertz CT molecular complexity index is 1110. The van der Waals surface area contributed by atoms with Crippen molar-refractivity contribution in [2.75, 3.05) is 0 Å². The molecule has 0 heterocycles. The molecule has 64 heavy (non-hydrogen) atoms. The van der Waals surface area contributed by atoms with E-state index in [1.807, 2.05) is 55.4 Å². The monoisotopic (exact) mass is 893 g/mol.